The first-order chi connectivity index (χ1) is 5.20. The summed E-state index contributed by atoms with van der Waals surface area (Å²) in [5, 5.41) is 9.18. The molecule has 0 aromatic rings. The zero-order valence-electron chi connectivity index (χ0n) is 7.42. The molecule has 0 saturated heterocycles. The average Bonchev–Trinajstić information content (AvgIpc) is 2.04. The summed E-state index contributed by atoms with van der Waals surface area (Å²) < 4.78 is 0. The number of rotatable bonds is 6. The van der Waals surface area contributed by atoms with Crippen molar-refractivity contribution in [1.29, 1.82) is 0 Å². The van der Waals surface area contributed by atoms with Gasteiger partial charge in [-0.25, -0.2) is 0 Å². The fraction of sp³-hybridized carbons (Fsp3) is 1.00. The maximum atomic E-state index is 9.18. The van der Waals surface area contributed by atoms with Crippen molar-refractivity contribution in [2.45, 2.75) is 38.8 Å². The van der Waals surface area contributed by atoms with Gasteiger partial charge in [0.05, 0.1) is 6.10 Å². The lowest BCUT2D eigenvalue weighted by Gasteiger charge is -2.10. The van der Waals surface area contributed by atoms with Gasteiger partial charge in [-0.2, -0.15) is 11.8 Å². The third-order valence-corrected chi connectivity index (χ3v) is 2.92. The Morgan fingerprint density at radius 3 is 2.36 bits per heavy atom. The van der Waals surface area contributed by atoms with E-state index in [-0.39, 0.29) is 6.10 Å². The summed E-state index contributed by atoms with van der Waals surface area (Å²) in [6.07, 6.45) is 1.72. The Hall–Kier alpha value is 0.270. The molecular formula is C8H19NOS. The van der Waals surface area contributed by atoms with Gasteiger partial charge in [0.15, 0.2) is 0 Å². The van der Waals surface area contributed by atoms with Crippen LogP contribution in [0.5, 0.6) is 0 Å². The highest BCUT2D eigenvalue weighted by Crippen LogP contribution is 2.07. The molecule has 2 unspecified atom stereocenters. The summed E-state index contributed by atoms with van der Waals surface area (Å²) in [6.45, 7) is 4.08. The molecule has 0 rings (SSSR count). The first kappa shape index (κ1) is 11.3. The van der Waals surface area contributed by atoms with Gasteiger partial charge in [0.2, 0.25) is 0 Å². The van der Waals surface area contributed by atoms with Crippen molar-refractivity contribution in [2.24, 2.45) is 5.73 Å². The third-order valence-electron chi connectivity index (χ3n) is 1.64. The van der Waals surface area contributed by atoms with Crippen molar-refractivity contribution in [3.8, 4) is 0 Å². The van der Waals surface area contributed by atoms with Gasteiger partial charge in [-0.3, -0.25) is 0 Å². The molecule has 0 aromatic carbocycles. The van der Waals surface area contributed by atoms with Crippen LogP contribution in [0.3, 0.4) is 0 Å². The number of aliphatic hydroxyl groups excluding tert-OH is 1. The number of nitrogens with two attached hydrogens (primary N) is 1. The molecule has 2 nitrogen and oxygen atoms in total. The molecule has 0 aromatic heterocycles. The topological polar surface area (TPSA) is 46.2 Å². The van der Waals surface area contributed by atoms with E-state index in [1.54, 1.807) is 11.8 Å². The number of aliphatic hydroxyl groups is 1. The predicted octanol–water partition coefficient (Wildman–Crippen LogP) is 1.23. The molecule has 0 radical (unpaired) electrons. The van der Waals surface area contributed by atoms with Crippen molar-refractivity contribution in [1.82, 2.24) is 0 Å². The van der Waals surface area contributed by atoms with E-state index in [9.17, 15) is 5.11 Å². The highest BCUT2D eigenvalue weighted by molar-refractivity contribution is 7.99. The van der Waals surface area contributed by atoms with Gasteiger partial charge >= 0.3 is 0 Å². The maximum Gasteiger partial charge on any atom is 0.0628 e. The average molecular weight is 177 g/mol. The highest BCUT2D eigenvalue weighted by atomic mass is 32.2. The SMILES string of the molecule is CCC(N)CSCC(O)CC. The minimum atomic E-state index is -0.149. The highest BCUT2D eigenvalue weighted by Gasteiger charge is 2.02. The molecule has 3 heteroatoms. The largest absolute Gasteiger partial charge is 0.392 e. The van der Waals surface area contributed by atoms with E-state index in [2.05, 4.69) is 6.92 Å². The molecule has 0 amide bonds. The Morgan fingerprint density at radius 1 is 1.27 bits per heavy atom. The van der Waals surface area contributed by atoms with Crippen molar-refractivity contribution >= 4 is 11.8 Å². The molecule has 0 saturated carbocycles. The Bertz CT molecular complexity index is 80.2. The Balaban J connectivity index is 3.13. The molecule has 3 N–H and O–H groups in total. The summed E-state index contributed by atoms with van der Waals surface area (Å²) in [6, 6.07) is 0.295. The number of thioether (sulfide) groups is 1. The van der Waals surface area contributed by atoms with Crippen LogP contribution in [0.4, 0.5) is 0 Å². The van der Waals surface area contributed by atoms with E-state index in [4.69, 9.17) is 5.73 Å². The molecule has 0 aliphatic heterocycles. The van der Waals surface area contributed by atoms with Crippen molar-refractivity contribution in [3.05, 3.63) is 0 Å². The standard InChI is InChI=1S/C8H19NOS/c1-3-7(9)5-11-6-8(10)4-2/h7-8,10H,3-6,9H2,1-2H3. The van der Waals surface area contributed by atoms with E-state index < -0.39 is 0 Å². The van der Waals surface area contributed by atoms with E-state index >= 15 is 0 Å². The molecule has 11 heavy (non-hydrogen) atoms. The van der Waals surface area contributed by atoms with Crippen LogP contribution < -0.4 is 5.73 Å². The first-order valence-electron chi connectivity index (χ1n) is 4.22. The van der Waals surface area contributed by atoms with Crippen LogP contribution in [0, 0.1) is 0 Å². The molecule has 0 aliphatic carbocycles. The quantitative estimate of drug-likeness (QED) is 0.641. The molecule has 0 fully saturated rings. The van der Waals surface area contributed by atoms with Crippen molar-refractivity contribution in [2.75, 3.05) is 11.5 Å². The Morgan fingerprint density at radius 2 is 1.91 bits per heavy atom. The van der Waals surface area contributed by atoms with Gasteiger partial charge in [-0.15, -0.1) is 0 Å². The van der Waals surface area contributed by atoms with E-state index in [0.29, 0.717) is 6.04 Å². The van der Waals surface area contributed by atoms with Crippen molar-refractivity contribution < 1.29 is 5.11 Å². The summed E-state index contributed by atoms with van der Waals surface area (Å²) in [4.78, 5) is 0. The second-order valence-corrected chi connectivity index (χ2v) is 3.84. The normalized spacial score (nSPS) is 16.4. The lowest BCUT2D eigenvalue weighted by atomic mass is 10.3. The van der Waals surface area contributed by atoms with Gasteiger partial charge in [-0.1, -0.05) is 13.8 Å². The van der Waals surface area contributed by atoms with Crippen LogP contribution in [0.2, 0.25) is 0 Å². The zero-order chi connectivity index (χ0) is 8.69. The number of hydrogen-bond acceptors (Lipinski definition) is 3. The fourth-order valence-corrected chi connectivity index (χ4v) is 1.77. The van der Waals surface area contributed by atoms with Gasteiger partial charge in [-0.05, 0) is 12.8 Å². The van der Waals surface area contributed by atoms with E-state index in [0.717, 1.165) is 24.3 Å². The summed E-state index contributed by atoms with van der Waals surface area (Å²) in [5.41, 5.74) is 5.70. The van der Waals surface area contributed by atoms with Gasteiger partial charge in [0, 0.05) is 17.5 Å². The van der Waals surface area contributed by atoms with Gasteiger partial charge < -0.3 is 10.8 Å². The Labute approximate surface area is 73.6 Å². The third kappa shape index (κ3) is 6.66. The first-order valence-corrected chi connectivity index (χ1v) is 5.37. The van der Waals surface area contributed by atoms with Gasteiger partial charge in [0.1, 0.15) is 0 Å². The van der Waals surface area contributed by atoms with Crippen LogP contribution in [0.1, 0.15) is 26.7 Å². The molecule has 0 aliphatic rings. The van der Waals surface area contributed by atoms with Gasteiger partial charge in [0.25, 0.3) is 0 Å². The molecule has 0 heterocycles. The molecule has 0 bridgehead atoms. The second kappa shape index (κ2) is 6.95. The smallest absolute Gasteiger partial charge is 0.0628 e. The summed E-state index contributed by atoms with van der Waals surface area (Å²) >= 11 is 1.74. The summed E-state index contributed by atoms with van der Waals surface area (Å²) in [5.74, 6) is 1.79. The molecule has 0 spiro atoms. The Kier molecular flexibility index (Phi) is 7.12. The van der Waals surface area contributed by atoms with E-state index in [1.165, 1.54) is 0 Å². The molecule has 2 atom stereocenters. The lowest BCUT2D eigenvalue weighted by Crippen LogP contribution is -2.22. The lowest BCUT2D eigenvalue weighted by molar-refractivity contribution is 0.195. The van der Waals surface area contributed by atoms with Crippen molar-refractivity contribution in [3.63, 3.8) is 0 Å². The zero-order valence-corrected chi connectivity index (χ0v) is 8.23. The van der Waals surface area contributed by atoms with Crippen LogP contribution >= 0.6 is 11.8 Å². The van der Waals surface area contributed by atoms with Crippen LogP contribution in [0.25, 0.3) is 0 Å². The summed E-state index contributed by atoms with van der Waals surface area (Å²) in [7, 11) is 0. The van der Waals surface area contributed by atoms with Crippen LogP contribution in [-0.2, 0) is 0 Å². The minimum absolute atomic E-state index is 0.149. The number of hydrogen-bond donors (Lipinski definition) is 2. The minimum Gasteiger partial charge on any atom is -0.392 e. The monoisotopic (exact) mass is 177 g/mol. The fourth-order valence-electron chi connectivity index (χ4n) is 0.591. The maximum absolute atomic E-state index is 9.18. The van der Waals surface area contributed by atoms with Crippen LogP contribution in [-0.4, -0.2) is 28.8 Å². The molecule has 68 valence electrons. The predicted molar refractivity (Wildman–Crippen MR) is 51.9 cm³/mol. The van der Waals surface area contributed by atoms with E-state index in [1.807, 2.05) is 6.92 Å². The second-order valence-electron chi connectivity index (χ2n) is 2.77. The van der Waals surface area contributed by atoms with Crippen LogP contribution in [0.15, 0.2) is 0 Å². The molecular weight excluding hydrogens is 158 g/mol.